The third kappa shape index (κ3) is 3.21. The van der Waals surface area contributed by atoms with E-state index in [0.29, 0.717) is 29.5 Å². The smallest absolute Gasteiger partial charge is 0.269 e. The van der Waals surface area contributed by atoms with Crippen molar-refractivity contribution in [3.05, 3.63) is 76.7 Å². The minimum atomic E-state index is -0.310. The summed E-state index contributed by atoms with van der Waals surface area (Å²) in [5, 5.41) is 11.5. The van der Waals surface area contributed by atoms with E-state index in [1.54, 1.807) is 22.9 Å². The Kier molecular flexibility index (Phi) is 4.44. The fraction of sp³-hybridized carbons (Fsp3) is 0.158. The number of hydrogen-bond donors (Lipinski definition) is 2. The number of carbonyl (C=O) groups is 1. The molecule has 0 saturated heterocycles. The molecule has 0 radical (unpaired) electrons. The highest BCUT2D eigenvalue weighted by atomic mass is 35.5. The second-order valence-corrected chi connectivity index (χ2v) is 6.47. The van der Waals surface area contributed by atoms with Crippen molar-refractivity contribution in [3.63, 3.8) is 0 Å². The first kappa shape index (κ1) is 16.8. The van der Waals surface area contributed by atoms with E-state index in [0.717, 1.165) is 11.1 Å². The largest absolute Gasteiger partial charge is 0.347 e. The van der Waals surface area contributed by atoms with E-state index in [9.17, 15) is 9.18 Å². The van der Waals surface area contributed by atoms with Gasteiger partial charge in [0.1, 0.15) is 17.7 Å². The van der Waals surface area contributed by atoms with Crippen LogP contribution in [-0.4, -0.2) is 22.2 Å². The second kappa shape index (κ2) is 6.90. The lowest BCUT2D eigenvalue weighted by Crippen LogP contribution is -2.45. The molecule has 0 saturated carbocycles. The SMILES string of the molecule is O=C1NC[C@@H](NCc2ccccc2Cl)n2nc(-c3ccc(F)cc3)cc21. The van der Waals surface area contributed by atoms with E-state index in [-0.39, 0.29) is 17.9 Å². The number of nitrogens with zero attached hydrogens (tertiary/aromatic N) is 2. The number of aromatic nitrogens is 2. The number of halogens is 2. The molecule has 26 heavy (non-hydrogen) atoms. The number of nitrogens with one attached hydrogen (secondary N) is 2. The molecule has 2 heterocycles. The van der Waals surface area contributed by atoms with Gasteiger partial charge < -0.3 is 5.32 Å². The summed E-state index contributed by atoms with van der Waals surface area (Å²) in [6.07, 6.45) is -0.201. The normalized spacial score (nSPS) is 16.2. The van der Waals surface area contributed by atoms with E-state index in [4.69, 9.17) is 11.6 Å². The van der Waals surface area contributed by atoms with Crippen LogP contribution in [0.4, 0.5) is 4.39 Å². The van der Waals surface area contributed by atoms with Crippen LogP contribution in [0.15, 0.2) is 54.6 Å². The van der Waals surface area contributed by atoms with Gasteiger partial charge in [-0.1, -0.05) is 29.8 Å². The first-order valence-corrected chi connectivity index (χ1v) is 8.60. The lowest BCUT2D eigenvalue weighted by Gasteiger charge is -2.26. The molecule has 1 aromatic heterocycles. The van der Waals surface area contributed by atoms with Crippen LogP contribution >= 0.6 is 11.6 Å². The Bertz CT molecular complexity index is 954. The third-order valence-electron chi connectivity index (χ3n) is 4.35. The van der Waals surface area contributed by atoms with Crippen LogP contribution in [-0.2, 0) is 6.54 Å². The van der Waals surface area contributed by atoms with Gasteiger partial charge in [0.15, 0.2) is 0 Å². The highest BCUT2D eigenvalue weighted by Crippen LogP contribution is 2.23. The molecule has 1 amide bonds. The predicted octanol–water partition coefficient (Wildman–Crippen LogP) is 3.37. The lowest BCUT2D eigenvalue weighted by molar-refractivity contribution is 0.0900. The molecule has 3 aromatic rings. The van der Waals surface area contributed by atoms with Crippen LogP contribution in [0.5, 0.6) is 0 Å². The van der Waals surface area contributed by atoms with Crippen molar-refractivity contribution in [2.75, 3.05) is 6.54 Å². The Hall–Kier alpha value is -2.70. The fourth-order valence-electron chi connectivity index (χ4n) is 2.96. The summed E-state index contributed by atoms with van der Waals surface area (Å²) in [6, 6.07) is 15.4. The van der Waals surface area contributed by atoms with Gasteiger partial charge in [0.2, 0.25) is 0 Å². The zero-order valence-corrected chi connectivity index (χ0v) is 14.5. The maximum absolute atomic E-state index is 13.1. The molecule has 1 aliphatic rings. The van der Waals surface area contributed by atoms with E-state index in [1.807, 2.05) is 24.3 Å². The summed E-state index contributed by atoms with van der Waals surface area (Å²) in [5.74, 6) is -0.489. The Morgan fingerprint density at radius 1 is 1.23 bits per heavy atom. The molecule has 0 bridgehead atoms. The average Bonchev–Trinajstić information content (AvgIpc) is 3.09. The van der Waals surface area contributed by atoms with Crippen LogP contribution in [0.2, 0.25) is 5.02 Å². The first-order valence-electron chi connectivity index (χ1n) is 8.22. The van der Waals surface area contributed by atoms with E-state index in [1.165, 1.54) is 12.1 Å². The van der Waals surface area contributed by atoms with Gasteiger partial charge in [0.25, 0.3) is 5.91 Å². The van der Waals surface area contributed by atoms with Crippen LogP contribution < -0.4 is 10.6 Å². The molecule has 7 heteroatoms. The summed E-state index contributed by atoms with van der Waals surface area (Å²) in [5.41, 5.74) is 2.82. The molecule has 4 rings (SSSR count). The van der Waals surface area contributed by atoms with Crippen molar-refractivity contribution in [3.8, 4) is 11.3 Å². The fourth-order valence-corrected chi connectivity index (χ4v) is 3.16. The summed E-state index contributed by atoms with van der Waals surface area (Å²) in [6.45, 7) is 0.964. The number of fused-ring (bicyclic) bond motifs is 1. The standard InChI is InChI=1S/C19H16ClFN4O/c20-15-4-2-1-3-13(15)10-22-18-11-23-19(26)17-9-16(24-25(17)18)12-5-7-14(21)8-6-12/h1-9,18,22H,10-11H2,(H,23,26)/t18-/m0/s1. The molecule has 5 nitrogen and oxygen atoms in total. The molecule has 2 aromatic carbocycles. The van der Waals surface area contributed by atoms with Crippen LogP contribution in [0, 0.1) is 5.82 Å². The topological polar surface area (TPSA) is 59.0 Å². The van der Waals surface area contributed by atoms with Crippen molar-refractivity contribution < 1.29 is 9.18 Å². The van der Waals surface area contributed by atoms with Crippen molar-refractivity contribution >= 4 is 17.5 Å². The Labute approximate surface area is 154 Å². The van der Waals surface area contributed by atoms with Gasteiger partial charge >= 0.3 is 0 Å². The molecule has 132 valence electrons. The van der Waals surface area contributed by atoms with Gasteiger partial charge in [-0.3, -0.25) is 10.1 Å². The minimum absolute atomic E-state index is 0.179. The predicted molar refractivity (Wildman–Crippen MR) is 97.3 cm³/mol. The van der Waals surface area contributed by atoms with Gasteiger partial charge in [-0.05, 0) is 42.0 Å². The Morgan fingerprint density at radius 3 is 2.77 bits per heavy atom. The molecular formula is C19H16ClFN4O. The summed E-state index contributed by atoms with van der Waals surface area (Å²) in [7, 11) is 0. The van der Waals surface area contributed by atoms with Gasteiger partial charge in [-0.2, -0.15) is 5.10 Å². The molecular weight excluding hydrogens is 355 g/mol. The first-order chi connectivity index (χ1) is 12.6. The van der Waals surface area contributed by atoms with E-state index in [2.05, 4.69) is 15.7 Å². The summed E-state index contributed by atoms with van der Waals surface area (Å²) < 4.78 is 14.8. The molecule has 2 N–H and O–H groups in total. The monoisotopic (exact) mass is 370 g/mol. The molecule has 0 fully saturated rings. The Balaban J connectivity index is 1.60. The highest BCUT2D eigenvalue weighted by Gasteiger charge is 2.27. The quantitative estimate of drug-likeness (QED) is 0.740. The van der Waals surface area contributed by atoms with Crippen LogP contribution in [0.25, 0.3) is 11.3 Å². The number of amides is 1. The summed E-state index contributed by atoms with van der Waals surface area (Å²) in [4.78, 5) is 12.2. The molecule has 1 atom stereocenters. The highest BCUT2D eigenvalue weighted by molar-refractivity contribution is 6.31. The number of hydrogen-bond acceptors (Lipinski definition) is 3. The lowest BCUT2D eigenvalue weighted by atomic mass is 10.1. The number of carbonyl (C=O) groups excluding carboxylic acids is 1. The third-order valence-corrected chi connectivity index (χ3v) is 4.71. The second-order valence-electron chi connectivity index (χ2n) is 6.06. The van der Waals surface area contributed by atoms with Crippen molar-refractivity contribution in [2.24, 2.45) is 0 Å². The maximum atomic E-state index is 13.1. The minimum Gasteiger partial charge on any atom is -0.347 e. The zero-order chi connectivity index (χ0) is 18.1. The molecule has 0 spiro atoms. The number of rotatable bonds is 4. The average molecular weight is 371 g/mol. The molecule has 0 aliphatic carbocycles. The van der Waals surface area contributed by atoms with Crippen LogP contribution in [0.3, 0.4) is 0 Å². The van der Waals surface area contributed by atoms with Crippen LogP contribution in [0.1, 0.15) is 22.2 Å². The number of benzene rings is 2. The molecule has 0 unspecified atom stereocenters. The van der Waals surface area contributed by atoms with Crippen molar-refractivity contribution in [2.45, 2.75) is 12.7 Å². The van der Waals surface area contributed by atoms with Gasteiger partial charge in [0.05, 0.1) is 12.2 Å². The van der Waals surface area contributed by atoms with Gasteiger partial charge in [0, 0.05) is 17.1 Å². The van der Waals surface area contributed by atoms with E-state index < -0.39 is 0 Å². The Morgan fingerprint density at radius 2 is 2.00 bits per heavy atom. The zero-order valence-electron chi connectivity index (χ0n) is 13.7. The summed E-state index contributed by atoms with van der Waals surface area (Å²) >= 11 is 6.20. The van der Waals surface area contributed by atoms with Gasteiger partial charge in [-0.15, -0.1) is 0 Å². The van der Waals surface area contributed by atoms with Gasteiger partial charge in [-0.25, -0.2) is 9.07 Å². The maximum Gasteiger partial charge on any atom is 0.269 e. The van der Waals surface area contributed by atoms with Crippen molar-refractivity contribution in [1.29, 1.82) is 0 Å². The molecule has 1 aliphatic heterocycles. The van der Waals surface area contributed by atoms with E-state index >= 15 is 0 Å². The van der Waals surface area contributed by atoms with Crippen molar-refractivity contribution in [1.82, 2.24) is 20.4 Å².